The first-order valence-electron chi connectivity index (χ1n) is 8.64. The molecule has 7 heteroatoms. The highest BCUT2D eigenvalue weighted by molar-refractivity contribution is 7.13. The van der Waals surface area contributed by atoms with Crippen molar-refractivity contribution in [3.63, 3.8) is 0 Å². The molecule has 1 aliphatic heterocycles. The molecule has 1 saturated carbocycles. The minimum absolute atomic E-state index is 0.127. The summed E-state index contributed by atoms with van der Waals surface area (Å²) in [6.45, 7) is 4.26. The normalized spacial score (nSPS) is 29.4. The average Bonchev–Trinajstić information content (AvgIpc) is 3.29. The largest absolute Gasteiger partial charge is 0.443 e. The number of hydrogen-bond acceptors (Lipinski definition) is 5. The predicted molar refractivity (Wildman–Crippen MR) is 93.8 cm³/mol. The van der Waals surface area contributed by atoms with Crippen molar-refractivity contribution in [1.29, 1.82) is 0 Å². The molecule has 1 aliphatic carbocycles. The number of amides is 3. The Morgan fingerprint density at radius 1 is 1.36 bits per heavy atom. The highest BCUT2D eigenvalue weighted by Crippen LogP contribution is 2.42. The quantitative estimate of drug-likeness (QED) is 0.849. The zero-order chi connectivity index (χ0) is 17.6. The fraction of sp³-hybridized carbons (Fsp3) is 0.500. The lowest BCUT2D eigenvalue weighted by Crippen LogP contribution is -2.58. The van der Waals surface area contributed by atoms with Crippen molar-refractivity contribution in [3.05, 3.63) is 29.5 Å². The van der Waals surface area contributed by atoms with Gasteiger partial charge in [0.2, 0.25) is 5.89 Å². The molecule has 0 radical (unpaired) electrons. The van der Waals surface area contributed by atoms with Crippen LogP contribution in [0.2, 0.25) is 0 Å². The molecule has 2 aromatic rings. The molecule has 4 rings (SSSR count). The topological polar surface area (TPSA) is 75.4 Å². The first-order chi connectivity index (χ1) is 12.0. The van der Waals surface area contributed by atoms with E-state index < -0.39 is 5.54 Å². The van der Waals surface area contributed by atoms with Gasteiger partial charge in [0.1, 0.15) is 11.8 Å². The third-order valence-electron chi connectivity index (χ3n) is 5.59. The third kappa shape index (κ3) is 2.49. The van der Waals surface area contributed by atoms with E-state index in [1.807, 2.05) is 17.5 Å². The first-order valence-corrected chi connectivity index (χ1v) is 9.52. The van der Waals surface area contributed by atoms with Crippen LogP contribution >= 0.6 is 11.3 Å². The lowest BCUT2D eigenvalue weighted by molar-refractivity contribution is -0.137. The molecule has 0 bridgehead atoms. The van der Waals surface area contributed by atoms with Gasteiger partial charge >= 0.3 is 6.03 Å². The van der Waals surface area contributed by atoms with Crippen molar-refractivity contribution in [2.75, 3.05) is 0 Å². The monoisotopic (exact) mass is 359 g/mol. The number of imide groups is 1. The second-order valence-electron chi connectivity index (χ2n) is 7.04. The molecule has 3 amide bonds. The van der Waals surface area contributed by atoms with E-state index in [2.05, 4.69) is 24.1 Å². The van der Waals surface area contributed by atoms with Crippen LogP contribution in [0.15, 0.2) is 28.2 Å². The number of oxazole rings is 1. The maximum atomic E-state index is 13.1. The SMILES string of the molecule is CC1CCCC(C)C12NC(=O)N(Cc1coc(-c3cccs3)n1)C2=O. The van der Waals surface area contributed by atoms with Crippen molar-refractivity contribution < 1.29 is 14.0 Å². The zero-order valence-corrected chi connectivity index (χ0v) is 15.1. The number of nitrogens with zero attached hydrogens (tertiary/aromatic N) is 2. The Balaban J connectivity index is 1.57. The second-order valence-corrected chi connectivity index (χ2v) is 7.99. The van der Waals surface area contributed by atoms with E-state index in [-0.39, 0.29) is 30.3 Å². The lowest BCUT2D eigenvalue weighted by atomic mass is 9.67. The summed E-state index contributed by atoms with van der Waals surface area (Å²) in [6, 6.07) is 3.52. The average molecular weight is 359 g/mol. The number of hydrogen-bond donors (Lipinski definition) is 1. The van der Waals surface area contributed by atoms with Gasteiger partial charge in [-0.1, -0.05) is 26.3 Å². The van der Waals surface area contributed by atoms with E-state index in [4.69, 9.17) is 4.42 Å². The van der Waals surface area contributed by atoms with Gasteiger partial charge < -0.3 is 9.73 Å². The number of carbonyl (C=O) groups is 2. The number of aromatic nitrogens is 1. The highest BCUT2D eigenvalue weighted by Gasteiger charge is 2.58. The molecule has 3 heterocycles. The number of nitrogens with one attached hydrogen (secondary N) is 1. The van der Waals surface area contributed by atoms with Crippen molar-refractivity contribution in [3.8, 4) is 10.8 Å². The molecule has 2 aliphatic rings. The summed E-state index contributed by atoms with van der Waals surface area (Å²) in [5, 5.41) is 4.95. The van der Waals surface area contributed by atoms with E-state index in [1.54, 1.807) is 0 Å². The Bertz CT molecular complexity index is 788. The Kier molecular flexibility index (Phi) is 3.91. The summed E-state index contributed by atoms with van der Waals surface area (Å²) in [5.74, 6) is 0.664. The first kappa shape index (κ1) is 16.3. The summed E-state index contributed by atoms with van der Waals surface area (Å²) in [6.07, 6.45) is 4.53. The molecular weight excluding hydrogens is 338 g/mol. The van der Waals surface area contributed by atoms with Crippen LogP contribution in [0.3, 0.4) is 0 Å². The summed E-state index contributed by atoms with van der Waals surface area (Å²) in [5.41, 5.74) is -0.185. The fourth-order valence-corrected chi connectivity index (χ4v) is 4.81. The maximum Gasteiger partial charge on any atom is 0.325 e. The molecule has 25 heavy (non-hydrogen) atoms. The van der Waals surface area contributed by atoms with E-state index in [9.17, 15) is 9.59 Å². The van der Waals surface area contributed by atoms with Crippen LogP contribution in [-0.2, 0) is 11.3 Å². The molecule has 1 N–H and O–H groups in total. The zero-order valence-electron chi connectivity index (χ0n) is 14.3. The van der Waals surface area contributed by atoms with Crippen molar-refractivity contribution in [1.82, 2.24) is 15.2 Å². The van der Waals surface area contributed by atoms with Crippen LogP contribution in [0.1, 0.15) is 38.8 Å². The Morgan fingerprint density at radius 3 is 2.80 bits per heavy atom. The van der Waals surface area contributed by atoms with Crippen LogP contribution in [0, 0.1) is 11.8 Å². The number of carbonyl (C=O) groups excluding carboxylic acids is 2. The standard InChI is InChI=1S/C18H21N3O3S/c1-11-5-3-6-12(2)18(11)16(22)21(17(23)20-18)9-13-10-24-15(19-13)14-7-4-8-25-14/h4,7-8,10-12H,3,5-6,9H2,1-2H3,(H,20,23). The van der Waals surface area contributed by atoms with Gasteiger partial charge in [0.25, 0.3) is 5.91 Å². The van der Waals surface area contributed by atoms with Crippen LogP contribution in [-0.4, -0.2) is 27.4 Å². The van der Waals surface area contributed by atoms with E-state index in [0.29, 0.717) is 11.6 Å². The smallest absolute Gasteiger partial charge is 0.325 e. The van der Waals surface area contributed by atoms with Gasteiger partial charge in [-0.15, -0.1) is 11.3 Å². The fourth-order valence-electron chi connectivity index (χ4n) is 4.15. The molecule has 1 saturated heterocycles. The second kappa shape index (κ2) is 5.98. The van der Waals surface area contributed by atoms with Gasteiger partial charge in [-0.3, -0.25) is 9.69 Å². The lowest BCUT2D eigenvalue weighted by Gasteiger charge is -2.42. The van der Waals surface area contributed by atoms with Crippen LogP contribution in [0.5, 0.6) is 0 Å². The van der Waals surface area contributed by atoms with E-state index in [0.717, 1.165) is 24.1 Å². The molecule has 2 fully saturated rings. The highest BCUT2D eigenvalue weighted by atomic mass is 32.1. The molecule has 2 aromatic heterocycles. The maximum absolute atomic E-state index is 13.1. The van der Waals surface area contributed by atoms with Crippen LogP contribution in [0.4, 0.5) is 4.79 Å². The predicted octanol–water partition coefficient (Wildman–Crippen LogP) is 3.65. The molecule has 1 spiro atoms. The van der Waals surface area contributed by atoms with Crippen molar-refractivity contribution in [2.45, 2.75) is 45.2 Å². The Hall–Kier alpha value is -2.15. The van der Waals surface area contributed by atoms with Crippen LogP contribution in [0.25, 0.3) is 10.8 Å². The third-order valence-corrected chi connectivity index (χ3v) is 6.45. The van der Waals surface area contributed by atoms with Gasteiger partial charge in [-0.25, -0.2) is 9.78 Å². The van der Waals surface area contributed by atoms with Gasteiger partial charge in [-0.05, 0) is 36.1 Å². The molecular formula is C18H21N3O3S. The van der Waals surface area contributed by atoms with Gasteiger partial charge in [-0.2, -0.15) is 0 Å². The number of urea groups is 1. The molecule has 0 aromatic carbocycles. The molecule has 6 nitrogen and oxygen atoms in total. The molecule has 2 atom stereocenters. The van der Waals surface area contributed by atoms with Gasteiger partial charge in [0, 0.05) is 0 Å². The number of rotatable bonds is 3. The summed E-state index contributed by atoms with van der Waals surface area (Å²) in [7, 11) is 0. The Labute approximate surface area is 150 Å². The molecule has 2 unspecified atom stereocenters. The van der Waals surface area contributed by atoms with Gasteiger partial charge in [0.15, 0.2) is 0 Å². The minimum Gasteiger partial charge on any atom is -0.443 e. The number of thiophene rings is 1. The summed E-state index contributed by atoms with van der Waals surface area (Å²) >= 11 is 1.54. The minimum atomic E-state index is -0.768. The van der Waals surface area contributed by atoms with E-state index >= 15 is 0 Å². The van der Waals surface area contributed by atoms with Crippen molar-refractivity contribution >= 4 is 23.3 Å². The van der Waals surface area contributed by atoms with Crippen LogP contribution < -0.4 is 5.32 Å². The van der Waals surface area contributed by atoms with Gasteiger partial charge in [0.05, 0.1) is 17.1 Å². The Morgan fingerprint density at radius 2 is 2.12 bits per heavy atom. The summed E-state index contributed by atoms with van der Waals surface area (Å²) in [4.78, 5) is 32.3. The van der Waals surface area contributed by atoms with E-state index in [1.165, 1.54) is 22.5 Å². The van der Waals surface area contributed by atoms with Crippen molar-refractivity contribution in [2.24, 2.45) is 11.8 Å². The summed E-state index contributed by atoms with van der Waals surface area (Å²) < 4.78 is 5.50. The molecule has 132 valence electrons.